The fourth-order valence-corrected chi connectivity index (χ4v) is 5.86. The molecule has 23 heavy (non-hydrogen) atoms. The molecule has 0 saturated carbocycles. The van der Waals surface area contributed by atoms with E-state index < -0.39 is 7.92 Å². The van der Waals surface area contributed by atoms with Gasteiger partial charge in [0.05, 0.1) is 0 Å². The van der Waals surface area contributed by atoms with Crippen LogP contribution >= 0.6 is 19.5 Å². The summed E-state index contributed by atoms with van der Waals surface area (Å²) >= 11 is 6.18. The predicted molar refractivity (Wildman–Crippen MR) is 104 cm³/mol. The molecule has 0 amide bonds. The van der Waals surface area contributed by atoms with E-state index in [4.69, 9.17) is 11.6 Å². The second kappa shape index (κ2) is 6.87. The molecule has 0 heterocycles. The van der Waals surface area contributed by atoms with Crippen LogP contribution in [0.4, 0.5) is 0 Å². The number of benzene rings is 3. The highest BCUT2D eigenvalue weighted by Crippen LogP contribution is 2.36. The molecular formula is C21H20ClP. The van der Waals surface area contributed by atoms with Gasteiger partial charge in [0.2, 0.25) is 0 Å². The minimum atomic E-state index is -0.580. The van der Waals surface area contributed by atoms with E-state index in [-0.39, 0.29) is 0 Å². The van der Waals surface area contributed by atoms with Crippen LogP contribution in [0.5, 0.6) is 0 Å². The molecule has 0 spiro atoms. The zero-order chi connectivity index (χ0) is 16.4. The lowest BCUT2D eigenvalue weighted by atomic mass is 10.2. The molecule has 0 nitrogen and oxygen atoms in total. The van der Waals surface area contributed by atoms with Gasteiger partial charge in [-0.1, -0.05) is 66.2 Å². The Bertz CT molecular complexity index is 793. The molecule has 0 aromatic heterocycles. The summed E-state index contributed by atoms with van der Waals surface area (Å²) in [5.74, 6) is 0. The molecule has 3 aromatic carbocycles. The van der Waals surface area contributed by atoms with Gasteiger partial charge in [-0.2, -0.15) is 0 Å². The molecule has 0 bridgehead atoms. The van der Waals surface area contributed by atoms with Crippen molar-refractivity contribution in [3.05, 3.63) is 88.4 Å². The van der Waals surface area contributed by atoms with E-state index in [1.54, 1.807) is 0 Å². The number of hydrogen-bond acceptors (Lipinski definition) is 0. The van der Waals surface area contributed by atoms with Crippen molar-refractivity contribution in [1.82, 2.24) is 0 Å². The first-order valence-electron chi connectivity index (χ1n) is 7.75. The fourth-order valence-electron chi connectivity index (χ4n) is 2.89. The van der Waals surface area contributed by atoms with E-state index in [9.17, 15) is 0 Å². The Balaban J connectivity index is 2.27. The summed E-state index contributed by atoms with van der Waals surface area (Å²) in [5.41, 5.74) is 3.95. The Hall–Kier alpha value is -1.62. The molecule has 0 aliphatic carbocycles. The minimum absolute atomic E-state index is 0.580. The van der Waals surface area contributed by atoms with Crippen LogP contribution < -0.4 is 15.9 Å². The molecule has 0 aliphatic rings. The molecule has 0 fully saturated rings. The van der Waals surface area contributed by atoms with Gasteiger partial charge in [0.1, 0.15) is 0 Å². The third kappa shape index (κ3) is 3.34. The number of halogens is 1. The Morgan fingerprint density at radius 2 is 1.09 bits per heavy atom. The lowest BCUT2D eigenvalue weighted by Crippen LogP contribution is -2.25. The van der Waals surface area contributed by atoms with Gasteiger partial charge < -0.3 is 0 Å². The van der Waals surface area contributed by atoms with Gasteiger partial charge >= 0.3 is 0 Å². The normalized spacial score (nSPS) is 11.0. The quantitative estimate of drug-likeness (QED) is 0.588. The zero-order valence-electron chi connectivity index (χ0n) is 13.7. The Morgan fingerprint density at radius 1 is 0.609 bits per heavy atom. The van der Waals surface area contributed by atoms with Gasteiger partial charge in [0.15, 0.2) is 0 Å². The third-order valence-electron chi connectivity index (χ3n) is 4.11. The molecular weight excluding hydrogens is 319 g/mol. The van der Waals surface area contributed by atoms with Crippen molar-refractivity contribution in [1.29, 1.82) is 0 Å². The van der Waals surface area contributed by atoms with Gasteiger partial charge in [-0.3, -0.25) is 0 Å². The van der Waals surface area contributed by atoms with Crippen LogP contribution in [-0.4, -0.2) is 0 Å². The van der Waals surface area contributed by atoms with E-state index in [1.165, 1.54) is 32.6 Å². The second-order valence-corrected chi connectivity index (χ2v) is 8.39. The molecule has 0 saturated heterocycles. The summed E-state index contributed by atoms with van der Waals surface area (Å²) in [7, 11) is -0.580. The van der Waals surface area contributed by atoms with Crippen molar-refractivity contribution < 1.29 is 0 Å². The molecule has 3 rings (SSSR count). The van der Waals surface area contributed by atoms with Crippen molar-refractivity contribution >= 4 is 35.4 Å². The van der Waals surface area contributed by atoms with Crippen molar-refractivity contribution in [2.45, 2.75) is 20.8 Å². The maximum atomic E-state index is 6.18. The van der Waals surface area contributed by atoms with Crippen LogP contribution in [-0.2, 0) is 0 Å². The maximum absolute atomic E-state index is 6.18. The first kappa shape index (κ1) is 16.2. The molecule has 3 aromatic rings. The van der Waals surface area contributed by atoms with Crippen LogP contribution in [0.1, 0.15) is 16.7 Å². The smallest absolute Gasteiger partial charge is 0.0409 e. The highest BCUT2D eigenvalue weighted by Gasteiger charge is 2.21. The average molecular weight is 339 g/mol. The summed E-state index contributed by atoms with van der Waals surface area (Å²) in [5, 5.41) is 5.02. The number of aryl methyl sites for hydroxylation is 3. The molecule has 0 N–H and O–H groups in total. The SMILES string of the molecule is Cc1ccccc1P(c1ccccc1C)c1ccc(Cl)cc1C. The Labute approximate surface area is 144 Å². The molecule has 0 radical (unpaired) electrons. The van der Waals surface area contributed by atoms with Crippen LogP contribution in [0.25, 0.3) is 0 Å². The van der Waals surface area contributed by atoms with Crippen LogP contribution in [0.2, 0.25) is 5.02 Å². The van der Waals surface area contributed by atoms with Crippen molar-refractivity contribution in [3.8, 4) is 0 Å². The van der Waals surface area contributed by atoms with Gasteiger partial charge in [-0.15, -0.1) is 0 Å². The summed E-state index contributed by atoms with van der Waals surface area (Å²) in [6.07, 6.45) is 0. The maximum Gasteiger partial charge on any atom is 0.0409 e. The standard InChI is InChI=1S/C21H20ClP/c1-15-8-4-6-10-19(15)23(20-11-7-5-9-16(20)2)21-13-12-18(22)14-17(21)3/h4-14H,1-3H3. The van der Waals surface area contributed by atoms with Gasteiger partial charge in [0, 0.05) is 5.02 Å². The highest BCUT2D eigenvalue weighted by atomic mass is 35.5. The summed E-state index contributed by atoms with van der Waals surface area (Å²) in [6, 6.07) is 23.7. The fraction of sp³-hybridized carbons (Fsp3) is 0.143. The summed E-state index contributed by atoms with van der Waals surface area (Å²) < 4.78 is 0. The lowest BCUT2D eigenvalue weighted by Gasteiger charge is -2.24. The van der Waals surface area contributed by atoms with Crippen LogP contribution in [0.15, 0.2) is 66.7 Å². The molecule has 116 valence electrons. The first-order valence-corrected chi connectivity index (χ1v) is 9.47. The van der Waals surface area contributed by atoms with E-state index in [2.05, 4.69) is 81.4 Å². The van der Waals surface area contributed by atoms with Crippen molar-refractivity contribution in [3.63, 3.8) is 0 Å². The van der Waals surface area contributed by atoms with E-state index >= 15 is 0 Å². The van der Waals surface area contributed by atoms with Crippen LogP contribution in [0, 0.1) is 20.8 Å². The molecule has 0 atom stereocenters. The molecule has 0 aliphatic heterocycles. The topological polar surface area (TPSA) is 0 Å². The Kier molecular flexibility index (Phi) is 4.85. The summed E-state index contributed by atoms with van der Waals surface area (Å²) in [4.78, 5) is 0. The largest absolute Gasteiger partial charge is 0.0843 e. The Morgan fingerprint density at radius 3 is 1.57 bits per heavy atom. The number of hydrogen-bond donors (Lipinski definition) is 0. The van der Waals surface area contributed by atoms with Gasteiger partial charge in [-0.25, -0.2) is 0 Å². The minimum Gasteiger partial charge on any atom is -0.0843 e. The average Bonchev–Trinajstić information content (AvgIpc) is 2.53. The number of rotatable bonds is 3. The lowest BCUT2D eigenvalue weighted by molar-refractivity contribution is 1.49. The second-order valence-electron chi connectivity index (χ2n) is 5.84. The third-order valence-corrected chi connectivity index (χ3v) is 7.30. The van der Waals surface area contributed by atoms with Gasteiger partial charge in [-0.05, 0) is 73.4 Å². The molecule has 2 heteroatoms. The van der Waals surface area contributed by atoms with E-state index in [0.29, 0.717) is 0 Å². The van der Waals surface area contributed by atoms with Gasteiger partial charge in [0.25, 0.3) is 0 Å². The van der Waals surface area contributed by atoms with E-state index in [1.807, 2.05) is 6.07 Å². The first-order chi connectivity index (χ1) is 11.1. The van der Waals surface area contributed by atoms with Crippen molar-refractivity contribution in [2.75, 3.05) is 0 Å². The van der Waals surface area contributed by atoms with E-state index in [0.717, 1.165) is 5.02 Å². The summed E-state index contributed by atoms with van der Waals surface area (Å²) in [6.45, 7) is 6.56. The van der Waals surface area contributed by atoms with Crippen molar-refractivity contribution in [2.24, 2.45) is 0 Å². The predicted octanol–water partition coefficient (Wildman–Crippen LogP) is 5.02. The monoisotopic (exact) mass is 338 g/mol. The highest BCUT2D eigenvalue weighted by molar-refractivity contribution is 7.80. The molecule has 0 unspecified atom stereocenters. The van der Waals surface area contributed by atoms with Crippen LogP contribution in [0.3, 0.4) is 0 Å². The zero-order valence-corrected chi connectivity index (χ0v) is 15.3.